The zero-order valence-corrected chi connectivity index (χ0v) is 8.81. The highest BCUT2D eigenvalue weighted by Crippen LogP contribution is 2.21. The fourth-order valence-corrected chi connectivity index (χ4v) is 2.82. The molecular weight excluding hydrogens is 233 g/mol. The maximum absolute atomic E-state index is 12.0. The number of halogens is 3. The van der Waals surface area contributed by atoms with Crippen LogP contribution in [-0.4, -0.2) is 43.8 Å². The van der Waals surface area contributed by atoms with Gasteiger partial charge in [-0.05, 0) is 12.8 Å². The van der Waals surface area contributed by atoms with E-state index in [4.69, 9.17) is 5.73 Å². The second-order valence-electron chi connectivity index (χ2n) is 3.61. The van der Waals surface area contributed by atoms with Crippen molar-refractivity contribution in [3.8, 4) is 0 Å². The van der Waals surface area contributed by atoms with Crippen LogP contribution in [0.25, 0.3) is 0 Å². The van der Waals surface area contributed by atoms with Gasteiger partial charge < -0.3 is 5.73 Å². The summed E-state index contributed by atoms with van der Waals surface area (Å²) < 4.78 is 59.3. The maximum Gasteiger partial charge on any atom is 0.404 e. The normalized spacial score (nSPS) is 21.9. The van der Waals surface area contributed by atoms with Crippen LogP contribution >= 0.6 is 0 Å². The lowest BCUT2D eigenvalue weighted by Gasteiger charge is -2.29. The van der Waals surface area contributed by atoms with Gasteiger partial charge in [0.1, 0.15) is 0 Å². The minimum Gasteiger partial charge on any atom is -0.328 e. The summed E-state index contributed by atoms with van der Waals surface area (Å²) in [5, 5.41) is 0. The van der Waals surface area contributed by atoms with E-state index in [1.807, 2.05) is 0 Å². The predicted molar refractivity (Wildman–Crippen MR) is 48.6 cm³/mol. The largest absolute Gasteiger partial charge is 0.404 e. The molecule has 1 saturated heterocycles. The van der Waals surface area contributed by atoms with Crippen LogP contribution in [0.4, 0.5) is 13.2 Å². The minimum atomic E-state index is -4.68. The van der Waals surface area contributed by atoms with Crippen LogP contribution in [0.1, 0.15) is 12.8 Å². The van der Waals surface area contributed by atoms with Gasteiger partial charge in [-0.25, -0.2) is 12.7 Å². The van der Waals surface area contributed by atoms with Gasteiger partial charge in [0.05, 0.1) is 0 Å². The van der Waals surface area contributed by atoms with Crippen LogP contribution in [0.15, 0.2) is 0 Å². The van der Waals surface area contributed by atoms with Crippen molar-refractivity contribution in [3.05, 3.63) is 0 Å². The first-order chi connectivity index (χ1) is 6.71. The highest BCUT2D eigenvalue weighted by molar-refractivity contribution is 7.89. The van der Waals surface area contributed by atoms with Crippen molar-refractivity contribution >= 4 is 10.0 Å². The molecule has 1 fully saturated rings. The lowest BCUT2D eigenvalue weighted by atomic mass is 10.1. The zero-order chi connectivity index (χ0) is 11.7. The second kappa shape index (κ2) is 4.26. The molecule has 0 radical (unpaired) electrons. The predicted octanol–water partition coefficient (Wildman–Crippen LogP) is 0.302. The molecule has 0 aromatic heterocycles. The smallest absolute Gasteiger partial charge is 0.328 e. The molecule has 0 aliphatic carbocycles. The summed E-state index contributed by atoms with van der Waals surface area (Å²) in [5.74, 6) is -1.78. The fourth-order valence-electron chi connectivity index (χ4n) is 1.45. The Morgan fingerprint density at radius 1 is 1.27 bits per heavy atom. The van der Waals surface area contributed by atoms with Crippen LogP contribution in [0, 0.1) is 0 Å². The molecule has 0 amide bonds. The molecule has 4 nitrogen and oxygen atoms in total. The number of piperidine rings is 1. The summed E-state index contributed by atoms with van der Waals surface area (Å²) in [5.41, 5.74) is 5.52. The molecule has 0 spiro atoms. The SMILES string of the molecule is NC1CCN(S(=O)(=O)CC(F)(F)F)CC1. The van der Waals surface area contributed by atoms with Crippen LogP contribution in [0.3, 0.4) is 0 Å². The van der Waals surface area contributed by atoms with Gasteiger partial charge in [-0.15, -0.1) is 0 Å². The van der Waals surface area contributed by atoms with E-state index in [0.717, 1.165) is 4.31 Å². The first-order valence-corrected chi connectivity index (χ1v) is 6.12. The van der Waals surface area contributed by atoms with E-state index in [-0.39, 0.29) is 19.1 Å². The monoisotopic (exact) mass is 246 g/mol. The Bertz CT molecular complexity index is 307. The van der Waals surface area contributed by atoms with Crippen LogP contribution in [0.5, 0.6) is 0 Å². The number of nitrogens with zero attached hydrogens (tertiary/aromatic N) is 1. The molecule has 15 heavy (non-hydrogen) atoms. The van der Waals surface area contributed by atoms with Crippen molar-refractivity contribution in [1.82, 2.24) is 4.31 Å². The van der Waals surface area contributed by atoms with Crippen LogP contribution < -0.4 is 5.73 Å². The Kier molecular flexibility index (Phi) is 3.62. The highest BCUT2D eigenvalue weighted by atomic mass is 32.2. The molecule has 0 unspecified atom stereocenters. The highest BCUT2D eigenvalue weighted by Gasteiger charge is 2.39. The van der Waals surface area contributed by atoms with Crippen LogP contribution in [-0.2, 0) is 10.0 Å². The molecule has 0 saturated carbocycles. The first kappa shape index (κ1) is 12.7. The third kappa shape index (κ3) is 3.96. The summed E-state index contributed by atoms with van der Waals surface area (Å²) in [4.78, 5) is 0. The number of rotatable bonds is 2. The van der Waals surface area contributed by atoms with Gasteiger partial charge in [-0.3, -0.25) is 0 Å². The number of alkyl halides is 3. The van der Waals surface area contributed by atoms with E-state index in [1.54, 1.807) is 0 Å². The number of nitrogens with two attached hydrogens (primary N) is 1. The van der Waals surface area contributed by atoms with Crippen molar-refractivity contribution in [2.45, 2.75) is 25.1 Å². The number of hydrogen-bond acceptors (Lipinski definition) is 3. The summed E-state index contributed by atoms with van der Waals surface area (Å²) >= 11 is 0. The van der Waals surface area contributed by atoms with E-state index in [0.29, 0.717) is 12.8 Å². The van der Waals surface area contributed by atoms with Gasteiger partial charge in [0.15, 0.2) is 5.75 Å². The third-order valence-corrected chi connectivity index (χ3v) is 4.08. The Morgan fingerprint density at radius 2 is 1.73 bits per heavy atom. The quantitative estimate of drug-likeness (QED) is 0.762. The molecule has 1 rings (SSSR count). The Balaban J connectivity index is 2.63. The summed E-state index contributed by atoms with van der Waals surface area (Å²) in [7, 11) is -4.21. The van der Waals surface area contributed by atoms with Crippen molar-refractivity contribution in [1.29, 1.82) is 0 Å². The van der Waals surface area contributed by atoms with E-state index in [9.17, 15) is 21.6 Å². The van der Waals surface area contributed by atoms with Gasteiger partial charge in [0.2, 0.25) is 10.0 Å². The number of hydrogen-bond donors (Lipinski definition) is 1. The number of sulfonamides is 1. The van der Waals surface area contributed by atoms with E-state index < -0.39 is 22.0 Å². The maximum atomic E-state index is 12.0. The molecular formula is C7H13F3N2O2S. The second-order valence-corrected chi connectivity index (χ2v) is 5.58. The topological polar surface area (TPSA) is 63.4 Å². The summed E-state index contributed by atoms with van der Waals surface area (Å²) in [6, 6.07) is -0.109. The Morgan fingerprint density at radius 3 is 2.13 bits per heavy atom. The van der Waals surface area contributed by atoms with Gasteiger partial charge in [-0.1, -0.05) is 0 Å². The molecule has 1 aliphatic heterocycles. The lowest BCUT2D eigenvalue weighted by Crippen LogP contribution is -2.45. The molecule has 0 bridgehead atoms. The third-order valence-electron chi connectivity index (χ3n) is 2.24. The molecule has 2 N–H and O–H groups in total. The summed E-state index contributed by atoms with van der Waals surface area (Å²) in [6.45, 7) is 0.166. The summed E-state index contributed by atoms with van der Waals surface area (Å²) in [6.07, 6.45) is -3.85. The molecule has 8 heteroatoms. The van der Waals surface area contributed by atoms with E-state index in [2.05, 4.69) is 0 Å². The van der Waals surface area contributed by atoms with Gasteiger partial charge in [-0.2, -0.15) is 13.2 Å². The van der Waals surface area contributed by atoms with E-state index in [1.165, 1.54) is 0 Å². The van der Waals surface area contributed by atoms with Crippen molar-refractivity contribution < 1.29 is 21.6 Å². The molecule has 0 aromatic rings. The van der Waals surface area contributed by atoms with Crippen LogP contribution in [0.2, 0.25) is 0 Å². The Labute approximate surface area is 86.3 Å². The van der Waals surface area contributed by atoms with Crippen molar-refractivity contribution in [2.24, 2.45) is 5.73 Å². The zero-order valence-electron chi connectivity index (χ0n) is 8.00. The molecule has 90 valence electrons. The fraction of sp³-hybridized carbons (Fsp3) is 1.00. The average molecular weight is 246 g/mol. The Hall–Kier alpha value is -0.340. The van der Waals surface area contributed by atoms with E-state index >= 15 is 0 Å². The lowest BCUT2D eigenvalue weighted by molar-refractivity contribution is -0.107. The van der Waals surface area contributed by atoms with Gasteiger partial charge >= 0.3 is 6.18 Å². The molecule has 1 aliphatic rings. The average Bonchev–Trinajstić information content (AvgIpc) is 2.00. The standard InChI is InChI=1S/C7H13F3N2O2S/c8-7(9,10)5-15(13,14)12-3-1-6(11)2-4-12/h6H,1-5,11H2. The minimum absolute atomic E-state index is 0.0829. The van der Waals surface area contributed by atoms with Crippen molar-refractivity contribution in [2.75, 3.05) is 18.8 Å². The molecule has 1 heterocycles. The molecule has 0 aromatic carbocycles. The van der Waals surface area contributed by atoms with Gasteiger partial charge in [0.25, 0.3) is 0 Å². The first-order valence-electron chi connectivity index (χ1n) is 4.51. The van der Waals surface area contributed by atoms with Gasteiger partial charge in [0, 0.05) is 19.1 Å². The van der Waals surface area contributed by atoms with Crippen molar-refractivity contribution in [3.63, 3.8) is 0 Å². The molecule has 0 atom stereocenters.